The first-order valence-corrected chi connectivity index (χ1v) is 8.05. The minimum Gasteiger partial charge on any atom is -0.444 e. The average molecular weight is 382 g/mol. The van der Waals surface area contributed by atoms with Gasteiger partial charge in [-0.25, -0.2) is 4.98 Å². The van der Waals surface area contributed by atoms with Gasteiger partial charge in [0, 0.05) is 10.6 Å². The first-order valence-electron chi connectivity index (χ1n) is 6.44. The minimum atomic E-state index is -0.489. The lowest BCUT2D eigenvalue weighted by molar-refractivity contribution is 0.0995. The van der Waals surface area contributed by atoms with Crippen LogP contribution < -0.4 is 10.9 Å². The number of aryl methyl sites for hydroxylation is 3. The maximum absolute atomic E-state index is 12.6. The van der Waals surface area contributed by atoms with Crippen molar-refractivity contribution in [1.29, 1.82) is 0 Å². The Balaban J connectivity index is 2.09. The number of thiazole rings is 1. The molecule has 3 aromatic rings. The fourth-order valence-electron chi connectivity index (χ4n) is 2.09. The number of fused-ring (bicyclic) bond motifs is 1. The van der Waals surface area contributed by atoms with E-state index in [0.29, 0.717) is 15.3 Å². The maximum Gasteiger partial charge on any atom is 0.291 e. The summed E-state index contributed by atoms with van der Waals surface area (Å²) in [5.74, 6) is -0.369. The monoisotopic (exact) mass is 381 g/mol. The molecule has 0 saturated carbocycles. The molecule has 3 rings (SSSR count). The van der Waals surface area contributed by atoms with Crippen LogP contribution >= 0.6 is 27.3 Å². The molecule has 1 amide bonds. The number of aromatic nitrogens is 2. The molecule has 0 aromatic carbocycles. The lowest BCUT2D eigenvalue weighted by Crippen LogP contribution is -2.24. The van der Waals surface area contributed by atoms with Crippen LogP contribution in [0.25, 0.3) is 4.96 Å². The molecule has 0 bridgehead atoms. The van der Waals surface area contributed by atoms with Gasteiger partial charge in [-0.15, -0.1) is 11.3 Å². The molecular formula is C14H12BrN3O3S. The largest absolute Gasteiger partial charge is 0.444 e. The van der Waals surface area contributed by atoms with Gasteiger partial charge in [-0.3, -0.25) is 14.0 Å². The Morgan fingerprint density at radius 2 is 2.09 bits per heavy atom. The van der Waals surface area contributed by atoms with Crippen molar-refractivity contribution in [2.24, 2.45) is 0 Å². The molecule has 1 N–H and O–H groups in total. The van der Waals surface area contributed by atoms with Crippen molar-refractivity contribution >= 4 is 43.8 Å². The third-order valence-electron chi connectivity index (χ3n) is 3.36. The quantitative estimate of drug-likeness (QED) is 0.738. The van der Waals surface area contributed by atoms with Crippen LogP contribution in [0.5, 0.6) is 0 Å². The number of carbonyl (C=O) groups is 1. The molecule has 0 saturated heterocycles. The van der Waals surface area contributed by atoms with Gasteiger partial charge in [-0.2, -0.15) is 0 Å². The predicted octanol–water partition coefficient (Wildman–Crippen LogP) is 3.29. The number of nitrogens with one attached hydrogen (secondary N) is 1. The van der Waals surface area contributed by atoms with Gasteiger partial charge in [0.05, 0.1) is 5.69 Å². The Kier molecular flexibility index (Phi) is 3.65. The zero-order chi connectivity index (χ0) is 16.0. The summed E-state index contributed by atoms with van der Waals surface area (Å²) in [6, 6.07) is 3.14. The van der Waals surface area contributed by atoms with Crippen LogP contribution in [0.1, 0.15) is 26.8 Å². The SMILES string of the molecule is Cc1nc2sc(C)c(C)n2c(=O)c1NC(=O)c1ccc(Br)o1. The molecule has 114 valence electrons. The van der Waals surface area contributed by atoms with Crippen LogP contribution in [0, 0.1) is 20.8 Å². The number of halogens is 1. The van der Waals surface area contributed by atoms with Crippen molar-refractivity contribution in [3.8, 4) is 0 Å². The summed E-state index contributed by atoms with van der Waals surface area (Å²) in [6.07, 6.45) is 0. The second-order valence-electron chi connectivity index (χ2n) is 4.80. The maximum atomic E-state index is 12.6. The van der Waals surface area contributed by atoms with Crippen molar-refractivity contribution < 1.29 is 9.21 Å². The van der Waals surface area contributed by atoms with Crippen LogP contribution in [0.2, 0.25) is 0 Å². The lowest BCUT2D eigenvalue weighted by Gasteiger charge is -2.07. The smallest absolute Gasteiger partial charge is 0.291 e. The van der Waals surface area contributed by atoms with Gasteiger partial charge in [-0.05, 0) is 48.8 Å². The topological polar surface area (TPSA) is 76.6 Å². The molecule has 3 heterocycles. The molecule has 0 aliphatic rings. The first-order chi connectivity index (χ1) is 10.4. The molecule has 0 aliphatic carbocycles. The van der Waals surface area contributed by atoms with Gasteiger partial charge in [0.15, 0.2) is 15.4 Å². The van der Waals surface area contributed by atoms with Crippen molar-refractivity contribution in [1.82, 2.24) is 9.38 Å². The van der Waals surface area contributed by atoms with E-state index in [-0.39, 0.29) is 17.0 Å². The summed E-state index contributed by atoms with van der Waals surface area (Å²) in [5.41, 5.74) is 1.18. The van der Waals surface area contributed by atoms with Crippen LogP contribution in [-0.2, 0) is 0 Å². The fourth-order valence-corrected chi connectivity index (χ4v) is 3.40. The van der Waals surface area contributed by atoms with Gasteiger partial charge in [0.25, 0.3) is 11.5 Å². The summed E-state index contributed by atoms with van der Waals surface area (Å²) in [7, 11) is 0. The number of amides is 1. The summed E-state index contributed by atoms with van der Waals surface area (Å²) in [6.45, 7) is 5.48. The molecule has 0 unspecified atom stereocenters. The summed E-state index contributed by atoms with van der Waals surface area (Å²) >= 11 is 4.58. The Bertz CT molecular complexity index is 954. The van der Waals surface area contributed by atoms with Gasteiger partial charge < -0.3 is 9.73 Å². The highest BCUT2D eigenvalue weighted by molar-refractivity contribution is 9.10. The van der Waals surface area contributed by atoms with E-state index < -0.39 is 5.91 Å². The van der Waals surface area contributed by atoms with Crippen molar-refractivity contribution in [2.75, 3.05) is 5.32 Å². The van der Waals surface area contributed by atoms with E-state index in [1.165, 1.54) is 21.8 Å². The molecule has 22 heavy (non-hydrogen) atoms. The zero-order valence-electron chi connectivity index (χ0n) is 12.1. The summed E-state index contributed by atoms with van der Waals surface area (Å²) < 4.78 is 7.15. The molecule has 3 aromatic heterocycles. The molecule has 0 spiro atoms. The Morgan fingerprint density at radius 1 is 1.36 bits per heavy atom. The Morgan fingerprint density at radius 3 is 2.73 bits per heavy atom. The van der Waals surface area contributed by atoms with Crippen LogP contribution in [0.15, 0.2) is 26.0 Å². The highest BCUT2D eigenvalue weighted by atomic mass is 79.9. The van der Waals surface area contributed by atoms with E-state index in [1.807, 2.05) is 13.8 Å². The standard InChI is InChI=1S/C14H12BrN3O3S/c1-6-11(17-12(19)9-4-5-10(15)21-9)13(20)18-7(2)8(3)22-14(18)16-6/h4-5H,1-3H3,(H,17,19). The number of anilines is 1. The zero-order valence-corrected chi connectivity index (χ0v) is 14.5. The summed E-state index contributed by atoms with van der Waals surface area (Å²) in [5, 5.41) is 2.59. The third-order valence-corrected chi connectivity index (χ3v) is 4.84. The van der Waals surface area contributed by atoms with Crippen LogP contribution in [0.3, 0.4) is 0 Å². The fraction of sp³-hybridized carbons (Fsp3) is 0.214. The van der Waals surface area contributed by atoms with E-state index >= 15 is 0 Å². The van der Waals surface area contributed by atoms with Crippen LogP contribution in [-0.4, -0.2) is 15.3 Å². The van der Waals surface area contributed by atoms with Gasteiger partial charge >= 0.3 is 0 Å². The minimum absolute atomic E-state index is 0.119. The Hall–Kier alpha value is -1.93. The molecule has 8 heteroatoms. The van der Waals surface area contributed by atoms with Crippen molar-refractivity contribution in [3.05, 3.63) is 49.2 Å². The van der Waals surface area contributed by atoms with Gasteiger partial charge in [-0.1, -0.05) is 0 Å². The molecule has 0 atom stereocenters. The number of furan rings is 1. The third kappa shape index (κ3) is 2.38. The molecule has 0 radical (unpaired) electrons. The normalized spacial score (nSPS) is 11.1. The predicted molar refractivity (Wildman–Crippen MR) is 87.9 cm³/mol. The van der Waals surface area contributed by atoms with Gasteiger partial charge in [0.1, 0.15) is 5.69 Å². The average Bonchev–Trinajstić information content (AvgIpc) is 2.99. The van der Waals surface area contributed by atoms with Crippen molar-refractivity contribution in [2.45, 2.75) is 20.8 Å². The Labute approximate surface area is 137 Å². The second kappa shape index (κ2) is 5.36. The number of rotatable bonds is 2. The molecule has 0 fully saturated rings. The highest BCUT2D eigenvalue weighted by Gasteiger charge is 2.18. The van der Waals surface area contributed by atoms with E-state index in [4.69, 9.17) is 4.42 Å². The molecule has 0 aliphatic heterocycles. The van der Waals surface area contributed by atoms with E-state index in [2.05, 4.69) is 26.2 Å². The van der Waals surface area contributed by atoms with Crippen molar-refractivity contribution in [3.63, 3.8) is 0 Å². The summed E-state index contributed by atoms with van der Waals surface area (Å²) in [4.78, 5) is 30.8. The molecular weight excluding hydrogens is 370 g/mol. The van der Waals surface area contributed by atoms with Crippen LogP contribution in [0.4, 0.5) is 5.69 Å². The van der Waals surface area contributed by atoms with E-state index in [0.717, 1.165) is 10.6 Å². The number of hydrogen-bond acceptors (Lipinski definition) is 5. The lowest BCUT2D eigenvalue weighted by atomic mass is 10.3. The van der Waals surface area contributed by atoms with E-state index in [1.54, 1.807) is 13.0 Å². The number of hydrogen-bond donors (Lipinski definition) is 1. The van der Waals surface area contributed by atoms with Gasteiger partial charge in [0.2, 0.25) is 0 Å². The highest BCUT2D eigenvalue weighted by Crippen LogP contribution is 2.21. The first kappa shape index (κ1) is 15.0. The molecule has 6 nitrogen and oxygen atoms in total. The number of carbonyl (C=O) groups excluding carboxylic acids is 1. The van der Waals surface area contributed by atoms with E-state index in [9.17, 15) is 9.59 Å². The number of nitrogens with zero attached hydrogens (tertiary/aromatic N) is 2. The second-order valence-corrected chi connectivity index (χ2v) is 6.76.